The van der Waals surface area contributed by atoms with Gasteiger partial charge in [0.05, 0.1) is 31.1 Å². The molecule has 1 aromatic heterocycles. The zero-order chi connectivity index (χ0) is 22.8. The van der Waals surface area contributed by atoms with Crippen LogP contribution in [0.4, 0.5) is 0 Å². The molecule has 7 nitrogen and oxygen atoms in total. The van der Waals surface area contributed by atoms with Crippen LogP contribution in [0.15, 0.2) is 65.9 Å². The third kappa shape index (κ3) is 6.26. The van der Waals surface area contributed by atoms with E-state index >= 15 is 0 Å². The van der Waals surface area contributed by atoms with Gasteiger partial charge in [0.2, 0.25) is 0 Å². The van der Waals surface area contributed by atoms with Crippen LogP contribution in [-0.4, -0.2) is 42.5 Å². The van der Waals surface area contributed by atoms with Crippen LogP contribution in [0.25, 0.3) is 5.69 Å². The number of para-hydroxylation sites is 1. The normalized spacial score (nSPS) is 12.3. The fourth-order valence-corrected chi connectivity index (χ4v) is 3.36. The van der Waals surface area contributed by atoms with Crippen molar-refractivity contribution in [3.05, 3.63) is 72.1 Å². The van der Waals surface area contributed by atoms with E-state index in [-0.39, 0.29) is 6.04 Å². The number of benzene rings is 2. The summed E-state index contributed by atoms with van der Waals surface area (Å²) in [7, 11) is 1.78. The third-order valence-electron chi connectivity index (χ3n) is 5.01. The molecule has 2 N–H and O–H groups in total. The molecule has 170 valence electrons. The minimum Gasteiger partial charge on any atom is -0.490 e. The number of hydrogen-bond donors (Lipinski definition) is 2. The van der Waals surface area contributed by atoms with Crippen molar-refractivity contribution < 1.29 is 9.47 Å². The summed E-state index contributed by atoms with van der Waals surface area (Å²) in [5.41, 5.74) is 3.32. The highest BCUT2D eigenvalue weighted by Gasteiger charge is 2.12. The Hall–Kier alpha value is -3.48. The number of aliphatic imine (C=N–C) groups is 1. The topological polar surface area (TPSA) is 72.7 Å². The Morgan fingerprint density at radius 2 is 1.81 bits per heavy atom. The van der Waals surface area contributed by atoms with E-state index in [0.717, 1.165) is 47.2 Å². The highest BCUT2D eigenvalue weighted by molar-refractivity contribution is 5.80. The van der Waals surface area contributed by atoms with Crippen LogP contribution < -0.4 is 20.1 Å². The number of ether oxygens (including phenoxy) is 2. The summed E-state index contributed by atoms with van der Waals surface area (Å²) in [5, 5.41) is 11.3. The standard InChI is InChI=1S/C25H33N5O2/c1-5-31-23-13-12-21(16-24(23)32-6-2)19(3)29-25(26-4)27-15-14-20-17-28-30(18-20)22-10-8-7-9-11-22/h7-13,16-19H,5-6,14-15H2,1-4H3,(H2,26,27,29). The SMILES string of the molecule is CCOc1ccc(C(C)NC(=NC)NCCc2cnn(-c3ccccc3)c2)cc1OCC. The second-order valence-corrected chi connectivity index (χ2v) is 7.32. The molecule has 0 amide bonds. The van der Waals surface area contributed by atoms with E-state index in [2.05, 4.69) is 39.9 Å². The van der Waals surface area contributed by atoms with Gasteiger partial charge in [-0.1, -0.05) is 24.3 Å². The van der Waals surface area contributed by atoms with Gasteiger partial charge >= 0.3 is 0 Å². The Bertz CT molecular complexity index is 1000. The molecule has 3 aromatic rings. The van der Waals surface area contributed by atoms with Crippen LogP contribution in [0.1, 0.15) is 37.9 Å². The summed E-state index contributed by atoms with van der Waals surface area (Å²) >= 11 is 0. The van der Waals surface area contributed by atoms with Gasteiger partial charge in [-0.15, -0.1) is 0 Å². The Morgan fingerprint density at radius 3 is 2.53 bits per heavy atom. The maximum atomic E-state index is 5.75. The van der Waals surface area contributed by atoms with E-state index in [1.54, 1.807) is 7.05 Å². The molecule has 0 bridgehead atoms. The van der Waals surface area contributed by atoms with E-state index < -0.39 is 0 Å². The number of nitrogens with one attached hydrogen (secondary N) is 2. The van der Waals surface area contributed by atoms with Gasteiger partial charge in [-0.25, -0.2) is 4.68 Å². The molecule has 7 heteroatoms. The van der Waals surface area contributed by atoms with Gasteiger partial charge in [0.1, 0.15) is 0 Å². The number of aromatic nitrogens is 2. The first kappa shape index (κ1) is 23.2. The van der Waals surface area contributed by atoms with Gasteiger partial charge in [-0.2, -0.15) is 5.10 Å². The first-order chi connectivity index (χ1) is 15.6. The van der Waals surface area contributed by atoms with Gasteiger partial charge < -0.3 is 20.1 Å². The van der Waals surface area contributed by atoms with Crippen LogP contribution >= 0.6 is 0 Å². The quantitative estimate of drug-likeness (QED) is 0.370. The summed E-state index contributed by atoms with van der Waals surface area (Å²) < 4.78 is 13.3. The lowest BCUT2D eigenvalue weighted by molar-refractivity contribution is 0.287. The molecule has 3 rings (SSSR count). The second kappa shape index (κ2) is 11.8. The Kier molecular flexibility index (Phi) is 8.54. The van der Waals surface area contributed by atoms with Crippen molar-refractivity contribution >= 4 is 5.96 Å². The highest BCUT2D eigenvalue weighted by Crippen LogP contribution is 2.30. The Labute approximate surface area is 190 Å². The fraction of sp³-hybridized carbons (Fsp3) is 0.360. The number of rotatable bonds is 10. The van der Waals surface area contributed by atoms with Gasteiger partial charge in [0.15, 0.2) is 17.5 Å². The molecule has 0 fully saturated rings. The fourth-order valence-electron chi connectivity index (χ4n) is 3.36. The molecule has 0 aliphatic heterocycles. The first-order valence-corrected chi connectivity index (χ1v) is 11.1. The van der Waals surface area contributed by atoms with Gasteiger partial charge in [0.25, 0.3) is 0 Å². The molecule has 0 saturated carbocycles. The molecular weight excluding hydrogens is 402 g/mol. The van der Waals surface area contributed by atoms with E-state index in [4.69, 9.17) is 9.47 Å². The van der Waals surface area contributed by atoms with E-state index in [9.17, 15) is 0 Å². The van der Waals surface area contributed by atoms with Crippen molar-refractivity contribution in [3.8, 4) is 17.2 Å². The van der Waals surface area contributed by atoms with Gasteiger partial charge in [-0.05, 0) is 62.6 Å². The van der Waals surface area contributed by atoms with Crippen molar-refractivity contribution in [2.45, 2.75) is 33.2 Å². The molecule has 1 heterocycles. The lowest BCUT2D eigenvalue weighted by atomic mass is 10.1. The third-order valence-corrected chi connectivity index (χ3v) is 5.01. The Morgan fingerprint density at radius 1 is 1.06 bits per heavy atom. The molecule has 32 heavy (non-hydrogen) atoms. The molecular formula is C25H33N5O2. The highest BCUT2D eigenvalue weighted by atomic mass is 16.5. The lowest BCUT2D eigenvalue weighted by Gasteiger charge is -2.20. The summed E-state index contributed by atoms with van der Waals surface area (Å²) in [5.74, 6) is 2.28. The first-order valence-electron chi connectivity index (χ1n) is 11.1. The maximum Gasteiger partial charge on any atom is 0.191 e. The molecule has 2 aromatic carbocycles. The largest absolute Gasteiger partial charge is 0.490 e. The van der Waals surface area contributed by atoms with Crippen LogP contribution in [0.2, 0.25) is 0 Å². The van der Waals surface area contributed by atoms with Crippen molar-refractivity contribution in [1.82, 2.24) is 20.4 Å². The van der Waals surface area contributed by atoms with Crippen molar-refractivity contribution in [2.24, 2.45) is 4.99 Å². The molecule has 0 saturated heterocycles. The summed E-state index contributed by atoms with van der Waals surface area (Å²) in [6.45, 7) is 7.99. The second-order valence-electron chi connectivity index (χ2n) is 7.32. The van der Waals surface area contributed by atoms with E-state index in [0.29, 0.717) is 13.2 Å². The molecule has 1 atom stereocenters. The summed E-state index contributed by atoms with van der Waals surface area (Å²) in [4.78, 5) is 4.36. The monoisotopic (exact) mass is 435 g/mol. The van der Waals surface area contributed by atoms with E-state index in [1.807, 2.05) is 67.2 Å². The minimum absolute atomic E-state index is 0.0527. The molecule has 0 radical (unpaired) electrons. The van der Waals surface area contributed by atoms with Crippen molar-refractivity contribution in [3.63, 3.8) is 0 Å². The zero-order valence-electron chi connectivity index (χ0n) is 19.3. The number of hydrogen-bond acceptors (Lipinski definition) is 4. The number of nitrogens with zero attached hydrogens (tertiary/aromatic N) is 3. The number of guanidine groups is 1. The zero-order valence-corrected chi connectivity index (χ0v) is 19.3. The lowest BCUT2D eigenvalue weighted by Crippen LogP contribution is -2.39. The van der Waals surface area contributed by atoms with Crippen molar-refractivity contribution in [2.75, 3.05) is 26.8 Å². The summed E-state index contributed by atoms with van der Waals surface area (Å²) in [6.07, 6.45) is 4.81. The van der Waals surface area contributed by atoms with Gasteiger partial charge in [0, 0.05) is 19.8 Å². The van der Waals surface area contributed by atoms with Crippen LogP contribution in [0.5, 0.6) is 11.5 Å². The Balaban J connectivity index is 1.54. The maximum absolute atomic E-state index is 5.75. The average molecular weight is 436 g/mol. The average Bonchev–Trinajstić information content (AvgIpc) is 3.29. The molecule has 0 aliphatic rings. The van der Waals surface area contributed by atoms with Crippen molar-refractivity contribution in [1.29, 1.82) is 0 Å². The van der Waals surface area contributed by atoms with Crippen LogP contribution in [-0.2, 0) is 6.42 Å². The molecule has 1 unspecified atom stereocenters. The smallest absolute Gasteiger partial charge is 0.191 e. The van der Waals surface area contributed by atoms with E-state index in [1.165, 1.54) is 0 Å². The molecule has 0 aliphatic carbocycles. The minimum atomic E-state index is 0.0527. The van der Waals surface area contributed by atoms with Crippen LogP contribution in [0.3, 0.4) is 0 Å². The van der Waals surface area contributed by atoms with Gasteiger partial charge in [-0.3, -0.25) is 4.99 Å². The van der Waals surface area contributed by atoms with Crippen LogP contribution in [0, 0.1) is 0 Å². The predicted molar refractivity (Wildman–Crippen MR) is 129 cm³/mol. The summed E-state index contributed by atoms with van der Waals surface area (Å²) in [6, 6.07) is 16.2. The molecule has 0 spiro atoms. The predicted octanol–water partition coefficient (Wildman–Crippen LogP) is 4.14.